The first-order chi connectivity index (χ1) is 13.7. The highest BCUT2D eigenvalue weighted by molar-refractivity contribution is 6.05. The molecule has 0 unspecified atom stereocenters. The van der Waals surface area contributed by atoms with Crippen molar-refractivity contribution in [2.24, 2.45) is 0 Å². The van der Waals surface area contributed by atoms with Gasteiger partial charge >= 0.3 is 0 Å². The number of phenols is 2. The van der Waals surface area contributed by atoms with E-state index in [-0.39, 0.29) is 11.5 Å². The summed E-state index contributed by atoms with van der Waals surface area (Å²) in [7, 11) is 0. The van der Waals surface area contributed by atoms with Crippen molar-refractivity contribution in [1.82, 2.24) is 9.97 Å². The predicted molar refractivity (Wildman–Crippen MR) is 111 cm³/mol. The maximum atomic E-state index is 10.1. The van der Waals surface area contributed by atoms with Crippen molar-refractivity contribution < 1.29 is 10.2 Å². The van der Waals surface area contributed by atoms with Gasteiger partial charge in [-0.15, -0.1) is 0 Å². The van der Waals surface area contributed by atoms with Gasteiger partial charge in [0.25, 0.3) is 0 Å². The lowest BCUT2D eigenvalue weighted by molar-refractivity contribution is 0.476. The van der Waals surface area contributed by atoms with Crippen LogP contribution in [0.4, 0.5) is 0 Å². The van der Waals surface area contributed by atoms with Crippen LogP contribution in [-0.4, -0.2) is 20.2 Å². The third kappa shape index (κ3) is 2.63. The molecule has 0 spiro atoms. The fourth-order valence-electron chi connectivity index (χ4n) is 3.50. The molecule has 0 aliphatic carbocycles. The van der Waals surface area contributed by atoms with Crippen LogP contribution in [0.25, 0.3) is 44.3 Å². The average molecular weight is 364 g/mol. The van der Waals surface area contributed by atoms with E-state index in [2.05, 4.69) is 0 Å². The summed E-state index contributed by atoms with van der Waals surface area (Å²) in [4.78, 5) is 9.45. The lowest BCUT2D eigenvalue weighted by Gasteiger charge is -2.09. The highest BCUT2D eigenvalue weighted by Crippen LogP contribution is 2.33. The zero-order chi connectivity index (χ0) is 19.1. The van der Waals surface area contributed by atoms with Crippen LogP contribution in [0.15, 0.2) is 84.9 Å². The summed E-state index contributed by atoms with van der Waals surface area (Å²) < 4.78 is 0. The van der Waals surface area contributed by atoms with E-state index in [1.807, 2.05) is 60.7 Å². The number of benzene rings is 3. The summed E-state index contributed by atoms with van der Waals surface area (Å²) >= 11 is 0. The SMILES string of the molecule is Oc1ccccc1-c1ccc2c(ccc3nc(-c4ccccc4O)ccc32)n1. The molecule has 0 saturated heterocycles. The van der Waals surface area contributed by atoms with Gasteiger partial charge < -0.3 is 10.2 Å². The number of aromatic hydroxyl groups is 2. The van der Waals surface area contributed by atoms with Crippen LogP contribution in [0.1, 0.15) is 0 Å². The summed E-state index contributed by atoms with van der Waals surface area (Å²) in [5.74, 6) is 0.424. The average Bonchev–Trinajstić information content (AvgIpc) is 2.73. The minimum atomic E-state index is 0.212. The van der Waals surface area contributed by atoms with Crippen molar-refractivity contribution >= 4 is 21.8 Å². The second-order valence-electron chi connectivity index (χ2n) is 6.63. The number of rotatable bonds is 2. The minimum Gasteiger partial charge on any atom is -0.507 e. The van der Waals surface area contributed by atoms with E-state index in [1.54, 1.807) is 24.3 Å². The number of para-hydroxylation sites is 2. The largest absolute Gasteiger partial charge is 0.507 e. The van der Waals surface area contributed by atoms with Crippen molar-refractivity contribution in [3.8, 4) is 34.0 Å². The minimum absolute atomic E-state index is 0.212. The molecule has 2 heterocycles. The van der Waals surface area contributed by atoms with E-state index in [1.165, 1.54) is 0 Å². The molecule has 0 fully saturated rings. The Bertz CT molecular complexity index is 1240. The number of fused-ring (bicyclic) bond motifs is 3. The molecule has 0 amide bonds. The van der Waals surface area contributed by atoms with Crippen LogP contribution in [0.3, 0.4) is 0 Å². The Kier molecular flexibility index (Phi) is 3.69. The smallest absolute Gasteiger partial charge is 0.124 e. The molecule has 5 rings (SSSR count). The monoisotopic (exact) mass is 364 g/mol. The standard InChI is InChI=1S/C24H16N2O2/c27-23-7-3-1-5-17(23)21-11-9-15-16-10-12-22(18-6-2-4-8-24(18)28)26-20(16)14-13-19(15)25-21/h1-14,27-28H. The second kappa shape index (κ2) is 6.35. The van der Waals surface area contributed by atoms with Gasteiger partial charge in [0.1, 0.15) is 11.5 Å². The van der Waals surface area contributed by atoms with Gasteiger partial charge in [-0.2, -0.15) is 0 Å². The number of phenolic OH excluding ortho intramolecular Hbond substituents is 2. The first-order valence-electron chi connectivity index (χ1n) is 8.98. The summed E-state index contributed by atoms with van der Waals surface area (Å²) in [6.07, 6.45) is 0. The fraction of sp³-hybridized carbons (Fsp3) is 0. The maximum Gasteiger partial charge on any atom is 0.124 e. The van der Waals surface area contributed by atoms with Crippen LogP contribution in [0, 0.1) is 0 Å². The Balaban J connectivity index is 1.66. The number of hydrogen-bond acceptors (Lipinski definition) is 4. The third-order valence-corrected chi connectivity index (χ3v) is 4.90. The van der Waals surface area contributed by atoms with E-state index in [0.717, 1.165) is 33.2 Å². The molecule has 2 aromatic heterocycles. The fourth-order valence-corrected chi connectivity index (χ4v) is 3.50. The van der Waals surface area contributed by atoms with Crippen molar-refractivity contribution in [2.75, 3.05) is 0 Å². The van der Waals surface area contributed by atoms with Crippen LogP contribution < -0.4 is 0 Å². The zero-order valence-corrected chi connectivity index (χ0v) is 14.9. The van der Waals surface area contributed by atoms with E-state index < -0.39 is 0 Å². The van der Waals surface area contributed by atoms with Gasteiger partial charge in [0.05, 0.1) is 22.4 Å². The molecule has 0 aliphatic heterocycles. The molecule has 0 radical (unpaired) electrons. The van der Waals surface area contributed by atoms with Crippen LogP contribution >= 0.6 is 0 Å². The third-order valence-electron chi connectivity index (χ3n) is 4.90. The van der Waals surface area contributed by atoms with Gasteiger partial charge in [-0.25, -0.2) is 9.97 Å². The van der Waals surface area contributed by atoms with E-state index in [4.69, 9.17) is 9.97 Å². The molecule has 3 aromatic carbocycles. The predicted octanol–water partition coefficient (Wildman–Crippen LogP) is 5.53. The molecule has 0 aliphatic rings. The molecule has 0 atom stereocenters. The molecule has 4 heteroatoms. The van der Waals surface area contributed by atoms with Crippen LogP contribution in [0.5, 0.6) is 11.5 Å². The summed E-state index contributed by atoms with van der Waals surface area (Å²) in [6.45, 7) is 0. The first-order valence-corrected chi connectivity index (χ1v) is 8.98. The molecular formula is C24H16N2O2. The number of nitrogens with zero attached hydrogens (tertiary/aromatic N) is 2. The summed E-state index contributed by atoms with van der Waals surface area (Å²) in [5, 5.41) is 22.2. The van der Waals surface area contributed by atoms with Gasteiger partial charge in [-0.1, -0.05) is 24.3 Å². The van der Waals surface area contributed by atoms with Gasteiger partial charge in [0.2, 0.25) is 0 Å². The Morgan fingerprint density at radius 3 is 1.32 bits per heavy atom. The Morgan fingerprint density at radius 2 is 0.893 bits per heavy atom. The molecule has 2 N–H and O–H groups in total. The maximum absolute atomic E-state index is 10.1. The lowest BCUT2D eigenvalue weighted by atomic mass is 10.0. The van der Waals surface area contributed by atoms with Gasteiger partial charge in [0.15, 0.2) is 0 Å². The number of pyridine rings is 2. The zero-order valence-electron chi connectivity index (χ0n) is 14.9. The van der Waals surface area contributed by atoms with Gasteiger partial charge in [-0.05, 0) is 60.7 Å². The van der Waals surface area contributed by atoms with E-state index >= 15 is 0 Å². The van der Waals surface area contributed by atoms with Crippen molar-refractivity contribution in [2.45, 2.75) is 0 Å². The van der Waals surface area contributed by atoms with Crippen molar-refractivity contribution in [3.05, 3.63) is 84.9 Å². The Hall–Kier alpha value is -3.92. The van der Waals surface area contributed by atoms with Crippen LogP contribution in [-0.2, 0) is 0 Å². The second-order valence-corrected chi connectivity index (χ2v) is 6.63. The van der Waals surface area contributed by atoms with Gasteiger partial charge in [0, 0.05) is 21.9 Å². The van der Waals surface area contributed by atoms with Crippen LogP contribution in [0.2, 0.25) is 0 Å². The molecule has 0 saturated carbocycles. The summed E-state index contributed by atoms with van der Waals surface area (Å²) in [5.41, 5.74) is 4.54. The summed E-state index contributed by atoms with van der Waals surface area (Å²) in [6, 6.07) is 26.1. The molecule has 5 aromatic rings. The number of aromatic nitrogens is 2. The van der Waals surface area contributed by atoms with Crippen molar-refractivity contribution in [3.63, 3.8) is 0 Å². The molecule has 28 heavy (non-hydrogen) atoms. The van der Waals surface area contributed by atoms with E-state index in [9.17, 15) is 10.2 Å². The number of hydrogen-bond donors (Lipinski definition) is 2. The van der Waals surface area contributed by atoms with Crippen molar-refractivity contribution in [1.29, 1.82) is 0 Å². The Morgan fingerprint density at radius 1 is 0.464 bits per heavy atom. The molecule has 134 valence electrons. The first kappa shape index (κ1) is 16.3. The normalized spacial score (nSPS) is 11.1. The molecule has 4 nitrogen and oxygen atoms in total. The molecular weight excluding hydrogens is 348 g/mol. The topological polar surface area (TPSA) is 66.2 Å². The molecule has 0 bridgehead atoms. The highest BCUT2D eigenvalue weighted by Gasteiger charge is 2.10. The quantitative estimate of drug-likeness (QED) is 0.404. The van der Waals surface area contributed by atoms with E-state index in [0.29, 0.717) is 11.1 Å². The van der Waals surface area contributed by atoms with Gasteiger partial charge in [-0.3, -0.25) is 0 Å². The Labute approximate surface area is 161 Å². The highest BCUT2D eigenvalue weighted by atomic mass is 16.3. The lowest BCUT2D eigenvalue weighted by Crippen LogP contribution is -1.90.